The zero-order valence-corrected chi connectivity index (χ0v) is 13.1. The van der Waals surface area contributed by atoms with Crippen LogP contribution >= 0.6 is 23.2 Å². The molecule has 0 aliphatic heterocycles. The number of carboxylic acids is 1. The van der Waals surface area contributed by atoms with Crippen LogP contribution in [0.25, 0.3) is 0 Å². The van der Waals surface area contributed by atoms with Gasteiger partial charge in [-0.2, -0.15) is 0 Å². The molecule has 0 aliphatic rings. The number of nitrogens with one attached hydrogen (secondary N) is 1. The van der Waals surface area contributed by atoms with Gasteiger partial charge in [0, 0.05) is 0 Å². The summed E-state index contributed by atoms with van der Waals surface area (Å²) in [5.41, 5.74) is 0.438. The summed E-state index contributed by atoms with van der Waals surface area (Å²) >= 11 is 11.6. The zero-order valence-electron chi connectivity index (χ0n) is 10.8. The fourth-order valence-electron chi connectivity index (χ4n) is 1.63. The number of carboxylic acid groups (broad SMARTS) is 1. The summed E-state index contributed by atoms with van der Waals surface area (Å²) in [5.74, 6) is -1.54. The molecule has 8 heteroatoms. The molecule has 112 valence electrons. The van der Waals surface area contributed by atoms with Crippen molar-refractivity contribution >= 4 is 39.2 Å². The van der Waals surface area contributed by atoms with E-state index in [1.807, 2.05) is 0 Å². The standard InChI is InChI=1S/C12H15Cl2NO4S/c1-2-3-11(12(16)17)15-20(18,19)7-8-4-5-9(13)10(14)6-8/h4-6,11,15H,2-3,7H2,1H3,(H,16,17). The van der Waals surface area contributed by atoms with Crippen molar-refractivity contribution in [2.75, 3.05) is 0 Å². The van der Waals surface area contributed by atoms with Crippen LogP contribution in [0, 0.1) is 0 Å². The minimum absolute atomic E-state index is 0.232. The highest BCUT2D eigenvalue weighted by atomic mass is 35.5. The van der Waals surface area contributed by atoms with Gasteiger partial charge in [-0.3, -0.25) is 4.79 Å². The first-order valence-electron chi connectivity index (χ1n) is 5.92. The van der Waals surface area contributed by atoms with Crippen LogP contribution in [0.1, 0.15) is 25.3 Å². The molecule has 0 spiro atoms. The lowest BCUT2D eigenvalue weighted by Gasteiger charge is -2.14. The summed E-state index contributed by atoms with van der Waals surface area (Å²) in [6.45, 7) is 1.78. The Morgan fingerprint density at radius 1 is 1.35 bits per heavy atom. The number of hydrogen-bond donors (Lipinski definition) is 2. The molecule has 0 fully saturated rings. The minimum atomic E-state index is -3.76. The fourth-order valence-corrected chi connectivity index (χ4v) is 3.30. The van der Waals surface area contributed by atoms with E-state index in [9.17, 15) is 13.2 Å². The summed E-state index contributed by atoms with van der Waals surface area (Å²) in [5, 5.41) is 9.53. The second-order valence-electron chi connectivity index (χ2n) is 4.30. The SMILES string of the molecule is CCCC(NS(=O)(=O)Cc1ccc(Cl)c(Cl)c1)C(=O)O. The predicted molar refractivity (Wildman–Crippen MR) is 78.6 cm³/mol. The maximum absolute atomic E-state index is 11.9. The minimum Gasteiger partial charge on any atom is -0.480 e. The quantitative estimate of drug-likeness (QED) is 0.799. The van der Waals surface area contributed by atoms with Gasteiger partial charge in [0.15, 0.2) is 0 Å². The monoisotopic (exact) mass is 339 g/mol. The van der Waals surface area contributed by atoms with Gasteiger partial charge in [-0.15, -0.1) is 0 Å². The first-order chi connectivity index (χ1) is 9.25. The van der Waals surface area contributed by atoms with Crippen molar-refractivity contribution < 1.29 is 18.3 Å². The zero-order chi connectivity index (χ0) is 15.3. The van der Waals surface area contributed by atoms with Crippen LogP contribution in [0.5, 0.6) is 0 Å². The summed E-state index contributed by atoms with van der Waals surface area (Å²) < 4.78 is 26.0. The summed E-state index contributed by atoms with van der Waals surface area (Å²) in [4.78, 5) is 11.0. The highest BCUT2D eigenvalue weighted by molar-refractivity contribution is 7.88. The van der Waals surface area contributed by atoms with Crippen LogP contribution in [0.3, 0.4) is 0 Å². The topological polar surface area (TPSA) is 83.5 Å². The lowest BCUT2D eigenvalue weighted by Crippen LogP contribution is -2.41. The average Bonchev–Trinajstić information content (AvgIpc) is 2.32. The molecule has 1 aromatic rings. The molecule has 0 heterocycles. The molecule has 1 rings (SSSR count). The van der Waals surface area contributed by atoms with Crippen LogP contribution in [0.2, 0.25) is 10.0 Å². The van der Waals surface area contributed by atoms with Crippen LogP contribution < -0.4 is 4.72 Å². The molecule has 0 aliphatic carbocycles. The van der Waals surface area contributed by atoms with Crippen molar-refractivity contribution in [1.82, 2.24) is 4.72 Å². The first-order valence-corrected chi connectivity index (χ1v) is 8.32. The molecule has 1 aromatic carbocycles. The Hall–Kier alpha value is -0.820. The van der Waals surface area contributed by atoms with E-state index < -0.39 is 22.0 Å². The Morgan fingerprint density at radius 2 is 2.00 bits per heavy atom. The third-order valence-electron chi connectivity index (χ3n) is 2.54. The maximum atomic E-state index is 11.9. The molecule has 2 N–H and O–H groups in total. The molecule has 0 bridgehead atoms. The predicted octanol–water partition coefficient (Wildman–Crippen LogP) is 2.67. The molecular formula is C12H15Cl2NO4S. The van der Waals surface area contributed by atoms with Crippen LogP contribution in [-0.4, -0.2) is 25.5 Å². The second-order valence-corrected chi connectivity index (χ2v) is 6.87. The molecule has 5 nitrogen and oxygen atoms in total. The summed E-state index contributed by atoms with van der Waals surface area (Å²) in [6, 6.07) is 3.35. The second kappa shape index (κ2) is 7.26. The van der Waals surface area contributed by atoms with Crippen LogP contribution in [0.15, 0.2) is 18.2 Å². The van der Waals surface area contributed by atoms with Gasteiger partial charge in [0.2, 0.25) is 10.0 Å². The van der Waals surface area contributed by atoms with E-state index in [0.717, 1.165) is 0 Å². The number of carbonyl (C=O) groups is 1. The third kappa shape index (κ3) is 5.28. The van der Waals surface area contributed by atoms with Crippen molar-refractivity contribution in [2.24, 2.45) is 0 Å². The molecule has 0 radical (unpaired) electrons. The van der Waals surface area contributed by atoms with Crippen LogP contribution in [-0.2, 0) is 20.6 Å². The van der Waals surface area contributed by atoms with Crippen molar-refractivity contribution in [3.8, 4) is 0 Å². The van der Waals surface area contributed by atoms with E-state index in [-0.39, 0.29) is 17.2 Å². The third-order valence-corrected chi connectivity index (χ3v) is 4.63. The van der Waals surface area contributed by atoms with E-state index in [1.54, 1.807) is 6.92 Å². The van der Waals surface area contributed by atoms with Gasteiger partial charge in [0.1, 0.15) is 6.04 Å². The number of hydrogen-bond acceptors (Lipinski definition) is 3. The van der Waals surface area contributed by atoms with E-state index >= 15 is 0 Å². The van der Waals surface area contributed by atoms with Gasteiger partial charge in [0.25, 0.3) is 0 Å². The highest BCUT2D eigenvalue weighted by Gasteiger charge is 2.23. The molecule has 1 atom stereocenters. The van der Waals surface area contributed by atoms with Crippen molar-refractivity contribution in [2.45, 2.75) is 31.6 Å². The maximum Gasteiger partial charge on any atom is 0.321 e. The van der Waals surface area contributed by atoms with E-state index in [1.165, 1.54) is 18.2 Å². The summed E-state index contributed by atoms with van der Waals surface area (Å²) in [7, 11) is -3.76. The highest BCUT2D eigenvalue weighted by Crippen LogP contribution is 2.23. The van der Waals surface area contributed by atoms with Gasteiger partial charge in [-0.1, -0.05) is 42.6 Å². The van der Waals surface area contributed by atoms with E-state index in [0.29, 0.717) is 17.0 Å². The van der Waals surface area contributed by atoms with Crippen LogP contribution in [0.4, 0.5) is 0 Å². The molecule has 0 aromatic heterocycles. The Morgan fingerprint density at radius 3 is 2.50 bits per heavy atom. The Labute approximate surface area is 127 Å². The van der Waals surface area contributed by atoms with Gasteiger partial charge in [-0.25, -0.2) is 13.1 Å². The average molecular weight is 340 g/mol. The molecule has 1 unspecified atom stereocenters. The Kier molecular flexibility index (Phi) is 6.26. The number of rotatable bonds is 7. The van der Waals surface area contributed by atoms with Gasteiger partial charge in [-0.05, 0) is 24.1 Å². The molecule has 0 saturated carbocycles. The van der Waals surface area contributed by atoms with E-state index in [2.05, 4.69) is 4.72 Å². The smallest absolute Gasteiger partial charge is 0.321 e. The normalized spacial score (nSPS) is 13.2. The Bertz CT molecular complexity index is 589. The lowest BCUT2D eigenvalue weighted by atomic mass is 10.2. The van der Waals surface area contributed by atoms with Gasteiger partial charge in [0.05, 0.1) is 15.8 Å². The Balaban J connectivity index is 2.83. The largest absolute Gasteiger partial charge is 0.480 e. The summed E-state index contributed by atoms with van der Waals surface area (Å²) in [6.07, 6.45) is 0.794. The number of benzene rings is 1. The number of halogens is 2. The fraction of sp³-hybridized carbons (Fsp3) is 0.417. The van der Waals surface area contributed by atoms with Crippen molar-refractivity contribution in [3.05, 3.63) is 33.8 Å². The van der Waals surface area contributed by atoms with Gasteiger partial charge < -0.3 is 5.11 Å². The van der Waals surface area contributed by atoms with Crippen molar-refractivity contribution in [1.29, 1.82) is 0 Å². The number of aliphatic carboxylic acids is 1. The first kappa shape index (κ1) is 17.2. The lowest BCUT2D eigenvalue weighted by molar-refractivity contribution is -0.139. The molecule has 0 saturated heterocycles. The number of sulfonamides is 1. The molecular weight excluding hydrogens is 325 g/mol. The molecule has 20 heavy (non-hydrogen) atoms. The van der Waals surface area contributed by atoms with E-state index in [4.69, 9.17) is 28.3 Å². The van der Waals surface area contributed by atoms with Crippen molar-refractivity contribution in [3.63, 3.8) is 0 Å². The molecule has 0 amide bonds. The van der Waals surface area contributed by atoms with Gasteiger partial charge >= 0.3 is 5.97 Å².